The van der Waals surface area contributed by atoms with Gasteiger partial charge in [-0.15, -0.1) is 0 Å². The van der Waals surface area contributed by atoms with Gasteiger partial charge in [0.1, 0.15) is 5.75 Å². The maximum Gasteiger partial charge on any atom is 0.240 e. The van der Waals surface area contributed by atoms with E-state index in [0.29, 0.717) is 23.9 Å². The third kappa shape index (κ3) is 3.37. The van der Waals surface area contributed by atoms with E-state index in [-0.39, 0.29) is 5.91 Å². The average Bonchev–Trinajstić information content (AvgIpc) is 2.33. The molecule has 0 unspecified atom stereocenters. The normalized spacial score (nSPS) is 10.3. The van der Waals surface area contributed by atoms with Crippen LogP contribution in [0.4, 0.5) is 5.69 Å². The minimum absolute atomic E-state index is 0.0131. The Morgan fingerprint density at radius 3 is 2.72 bits per heavy atom. The lowest BCUT2D eigenvalue weighted by Crippen LogP contribution is -2.34. The average molecular weight is 271 g/mol. The Kier molecular flexibility index (Phi) is 5.44. The molecule has 4 nitrogen and oxygen atoms in total. The van der Waals surface area contributed by atoms with Crippen molar-refractivity contribution in [3.8, 4) is 5.75 Å². The standard InChI is InChI=1S/C13H19ClN2O2/c1-5-18-12-6-9(2)11(7-10(12)14)16(4)13(17)8-15-3/h6-7,15H,5,8H2,1-4H3. The molecule has 0 heterocycles. The zero-order valence-corrected chi connectivity index (χ0v) is 12.0. The molecule has 18 heavy (non-hydrogen) atoms. The zero-order chi connectivity index (χ0) is 13.7. The third-order valence-corrected chi connectivity index (χ3v) is 2.91. The lowest BCUT2D eigenvalue weighted by molar-refractivity contribution is -0.117. The van der Waals surface area contributed by atoms with Crippen molar-refractivity contribution >= 4 is 23.2 Å². The topological polar surface area (TPSA) is 41.6 Å². The number of benzene rings is 1. The highest BCUT2D eigenvalue weighted by Crippen LogP contribution is 2.32. The van der Waals surface area contributed by atoms with Gasteiger partial charge in [-0.3, -0.25) is 4.79 Å². The molecule has 0 radical (unpaired) electrons. The largest absolute Gasteiger partial charge is 0.492 e. The summed E-state index contributed by atoms with van der Waals surface area (Å²) >= 11 is 6.13. The summed E-state index contributed by atoms with van der Waals surface area (Å²) in [5.41, 5.74) is 1.75. The summed E-state index contributed by atoms with van der Waals surface area (Å²) in [5.74, 6) is 0.635. The second kappa shape index (κ2) is 6.61. The van der Waals surface area contributed by atoms with Gasteiger partial charge in [0.25, 0.3) is 0 Å². The molecule has 0 saturated carbocycles. The number of nitrogens with zero attached hydrogens (tertiary/aromatic N) is 1. The number of carbonyl (C=O) groups is 1. The third-order valence-electron chi connectivity index (χ3n) is 2.61. The summed E-state index contributed by atoms with van der Waals surface area (Å²) in [7, 11) is 3.47. The van der Waals surface area contributed by atoms with Crippen LogP contribution in [0.2, 0.25) is 5.02 Å². The van der Waals surface area contributed by atoms with Gasteiger partial charge in [-0.1, -0.05) is 11.6 Å². The first kappa shape index (κ1) is 14.8. The van der Waals surface area contributed by atoms with Crippen molar-refractivity contribution in [2.45, 2.75) is 13.8 Å². The monoisotopic (exact) mass is 270 g/mol. The molecule has 0 aliphatic rings. The molecule has 1 rings (SSSR count). The van der Waals surface area contributed by atoms with Gasteiger partial charge in [-0.05, 0) is 38.6 Å². The Balaban J connectivity index is 3.03. The molecule has 0 aromatic heterocycles. The number of carbonyl (C=O) groups excluding carboxylic acids is 1. The molecule has 0 saturated heterocycles. The Morgan fingerprint density at radius 2 is 2.17 bits per heavy atom. The van der Waals surface area contributed by atoms with Gasteiger partial charge in [0.15, 0.2) is 0 Å². The molecule has 1 aromatic carbocycles. The first-order valence-corrected chi connectivity index (χ1v) is 6.23. The minimum atomic E-state index is -0.0131. The van der Waals surface area contributed by atoms with Crippen molar-refractivity contribution in [1.29, 1.82) is 0 Å². The maximum atomic E-state index is 11.8. The Labute approximate surface area is 113 Å². The molecule has 1 amide bonds. The Bertz CT molecular complexity index is 435. The fourth-order valence-electron chi connectivity index (χ4n) is 1.68. The minimum Gasteiger partial charge on any atom is -0.492 e. The van der Waals surface area contributed by atoms with Crippen LogP contribution in [-0.4, -0.2) is 33.2 Å². The summed E-state index contributed by atoms with van der Waals surface area (Å²) in [5, 5.41) is 3.35. The van der Waals surface area contributed by atoms with Gasteiger partial charge >= 0.3 is 0 Å². The van der Waals surface area contributed by atoms with Crippen molar-refractivity contribution < 1.29 is 9.53 Å². The molecule has 0 atom stereocenters. The summed E-state index contributed by atoms with van der Waals surface area (Å²) in [6.45, 7) is 4.69. The zero-order valence-electron chi connectivity index (χ0n) is 11.2. The number of hydrogen-bond acceptors (Lipinski definition) is 3. The number of rotatable bonds is 5. The number of ether oxygens (including phenoxy) is 1. The van der Waals surface area contributed by atoms with Crippen LogP contribution in [0.3, 0.4) is 0 Å². The van der Waals surface area contributed by atoms with Gasteiger partial charge in [0, 0.05) is 12.7 Å². The number of hydrogen-bond donors (Lipinski definition) is 1. The van der Waals surface area contributed by atoms with E-state index in [1.165, 1.54) is 0 Å². The highest BCUT2D eigenvalue weighted by Gasteiger charge is 2.15. The predicted molar refractivity (Wildman–Crippen MR) is 74.7 cm³/mol. The smallest absolute Gasteiger partial charge is 0.240 e. The van der Waals surface area contributed by atoms with Crippen molar-refractivity contribution in [3.63, 3.8) is 0 Å². The summed E-state index contributed by atoms with van der Waals surface area (Å²) in [6, 6.07) is 3.61. The second-order valence-corrected chi connectivity index (χ2v) is 4.39. The highest BCUT2D eigenvalue weighted by atomic mass is 35.5. The second-order valence-electron chi connectivity index (χ2n) is 3.99. The van der Waals surface area contributed by atoms with Gasteiger partial charge in [-0.2, -0.15) is 0 Å². The summed E-state index contributed by atoms with van der Waals surface area (Å²) in [4.78, 5) is 13.4. The van der Waals surface area contributed by atoms with Gasteiger partial charge in [0.2, 0.25) is 5.91 Å². The van der Waals surface area contributed by atoms with E-state index < -0.39 is 0 Å². The molecule has 0 spiro atoms. The van der Waals surface area contributed by atoms with Crippen LogP contribution >= 0.6 is 11.6 Å². The van der Waals surface area contributed by atoms with Crippen LogP contribution < -0.4 is 15.0 Å². The van der Waals surface area contributed by atoms with Crippen LogP contribution in [0, 0.1) is 6.92 Å². The highest BCUT2D eigenvalue weighted by molar-refractivity contribution is 6.32. The fourth-order valence-corrected chi connectivity index (χ4v) is 1.89. The van der Waals surface area contributed by atoms with Gasteiger partial charge < -0.3 is 15.0 Å². The number of amides is 1. The van der Waals surface area contributed by atoms with Crippen molar-refractivity contribution in [2.24, 2.45) is 0 Å². The molecule has 0 aliphatic carbocycles. The number of aryl methyl sites for hydroxylation is 1. The van der Waals surface area contributed by atoms with E-state index in [9.17, 15) is 4.79 Å². The van der Waals surface area contributed by atoms with E-state index >= 15 is 0 Å². The van der Waals surface area contributed by atoms with Crippen molar-refractivity contribution in [2.75, 3.05) is 32.1 Å². The molecule has 0 aliphatic heterocycles. The first-order chi connectivity index (χ1) is 8.51. The molecule has 5 heteroatoms. The summed E-state index contributed by atoms with van der Waals surface area (Å²) < 4.78 is 5.41. The number of likely N-dealkylation sites (N-methyl/N-ethyl adjacent to an activating group) is 2. The van der Waals surface area contributed by atoms with E-state index in [4.69, 9.17) is 16.3 Å². The van der Waals surface area contributed by atoms with Crippen LogP contribution in [0.15, 0.2) is 12.1 Å². The van der Waals surface area contributed by atoms with E-state index in [1.807, 2.05) is 19.9 Å². The predicted octanol–water partition coefficient (Wildman–Crippen LogP) is 2.23. The summed E-state index contributed by atoms with van der Waals surface area (Å²) in [6.07, 6.45) is 0. The van der Waals surface area contributed by atoms with Crippen molar-refractivity contribution in [3.05, 3.63) is 22.7 Å². The molecule has 1 N–H and O–H groups in total. The number of halogens is 1. The molecule has 0 bridgehead atoms. The van der Waals surface area contributed by atoms with Crippen LogP contribution in [0.25, 0.3) is 0 Å². The maximum absolute atomic E-state index is 11.8. The number of anilines is 1. The van der Waals surface area contributed by atoms with Gasteiger partial charge in [-0.25, -0.2) is 0 Å². The molecule has 1 aromatic rings. The quantitative estimate of drug-likeness (QED) is 0.892. The van der Waals surface area contributed by atoms with Crippen molar-refractivity contribution in [1.82, 2.24) is 5.32 Å². The fraction of sp³-hybridized carbons (Fsp3) is 0.462. The van der Waals surface area contributed by atoms with E-state index in [1.54, 1.807) is 25.1 Å². The first-order valence-electron chi connectivity index (χ1n) is 5.85. The Morgan fingerprint density at radius 1 is 1.50 bits per heavy atom. The van der Waals surface area contributed by atoms with E-state index in [2.05, 4.69) is 5.32 Å². The van der Waals surface area contributed by atoms with E-state index in [0.717, 1.165) is 11.3 Å². The SMILES string of the molecule is CCOc1cc(C)c(N(C)C(=O)CNC)cc1Cl. The lowest BCUT2D eigenvalue weighted by Gasteiger charge is -2.21. The molecular weight excluding hydrogens is 252 g/mol. The lowest BCUT2D eigenvalue weighted by atomic mass is 10.1. The number of nitrogens with one attached hydrogen (secondary N) is 1. The van der Waals surface area contributed by atoms with Crippen LogP contribution in [-0.2, 0) is 4.79 Å². The molecule has 0 fully saturated rings. The van der Waals surface area contributed by atoms with Gasteiger partial charge in [0.05, 0.1) is 18.2 Å². The Hall–Kier alpha value is -1.26. The van der Waals surface area contributed by atoms with Crippen LogP contribution in [0.5, 0.6) is 5.75 Å². The van der Waals surface area contributed by atoms with Crippen LogP contribution in [0.1, 0.15) is 12.5 Å². The molecule has 100 valence electrons. The molecular formula is C13H19ClN2O2.